The van der Waals surface area contributed by atoms with Crippen molar-refractivity contribution in [3.8, 4) is 11.5 Å². The number of para-hydroxylation sites is 1. The van der Waals surface area contributed by atoms with Crippen molar-refractivity contribution in [2.24, 2.45) is 0 Å². The third-order valence-electron chi connectivity index (χ3n) is 2.62. The Morgan fingerprint density at radius 2 is 2.39 bits per heavy atom. The minimum Gasteiger partial charge on any atom is -0.546 e. The quantitative estimate of drug-likeness (QED) is 0.724. The molecule has 0 atom stereocenters. The van der Waals surface area contributed by atoms with E-state index in [1.54, 1.807) is 12.1 Å². The molecular weight excluding hydrogens is 238 g/mol. The zero-order valence-corrected chi connectivity index (χ0v) is 9.80. The van der Waals surface area contributed by atoms with Crippen LogP contribution < -0.4 is 19.5 Å². The zero-order chi connectivity index (χ0) is 13.0. The highest BCUT2D eigenvalue weighted by Gasteiger charge is 2.21. The predicted octanol–water partition coefficient (Wildman–Crippen LogP) is -0.994. The number of carboxylic acids is 1. The molecule has 0 unspecified atom stereocenters. The number of β-amino-alcohol motifs (C(OH)–C–C–N with tert-alkyl or cyclic N) is 1. The molecule has 0 saturated carbocycles. The molecule has 98 valence electrons. The van der Waals surface area contributed by atoms with Gasteiger partial charge in [0, 0.05) is 6.54 Å². The van der Waals surface area contributed by atoms with Gasteiger partial charge in [-0.25, -0.2) is 0 Å². The summed E-state index contributed by atoms with van der Waals surface area (Å²) in [4.78, 5) is 12.4. The van der Waals surface area contributed by atoms with Crippen molar-refractivity contribution >= 4 is 11.7 Å². The first-order chi connectivity index (χ1) is 8.72. The van der Waals surface area contributed by atoms with Gasteiger partial charge in [0.05, 0.1) is 24.8 Å². The summed E-state index contributed by atoms with van der Waals surface area (Å²) < 4.78 is 10.6. The van der Waals surface area contributed by atoms with Crippen LogP contribution in [0.25, 0.3) is 0 Å². The van der Waals surface area contributed by atoms with Gasteiger partial charge in [0.2, 0.25) is 0 Å². The fraction of sp³-hybridized carbons (Fsp3) is 0.417. The standard InChI is InChI=1S/C12H15NO5/c14-6-4-13-5-7-17-12-9(13)2-1-3-10(12)18-8-11(15)16/h1-3,14H,4-8H2,(H,15,16)/p-1. The smallest absolute Gasteiger partial charge is 0.184 e. The van der Waals surface area contributed by atoms with Crippen LogP contribution in [-0.2, 0) is 4.79 Å². The maximum atomic E-state index is 10.4. The minimum atomic E-state index is -1.28. The first-order valence-corrected chi connectivity index (χ1v) is 5.66. The molecule has 18 heavy (non-hydrogen) atoms. The van der Waals surface area contributed by atoms with Crippen molar-refractivity contribution in [2.45, 2.75) is 0 Å². The Labute approximate surface area is 104 Å². The van der Waals surface area contributed by atoms with E-state index in [2.05, 4.69) is 0 Å². The van der Waals surface area contributed by atoms with E-state index < -0.39 is 12.6 Å². The number of anilines is 1. The Morgan fingerprint density at radius 3 is 3.11 bits per heavy atom. The summed E-state index contributed by atoms with van der Waals surface area (Å²) >= 11 is 0. The summed E-state index contributed by atoms with van der Waals surface area (Å²) in [5.74, 6) is -0.395. The average molecular weight is 252 g/mol. The van der Waals surface area contributed by atoms with E-state index in [-0.39, 0.29) is 6.61 Å². The second kappa shape index (κ2) is 5.59. The molecule has 6 heteroatoms. The highest BCUT2D eigenvalue weighted by Crippen LogP contribution is 2.39. The van der Waals surface area contributed by atoms with E-state index in [1.807, 2.05) is 11.0 Å². The van der Waals surface area contributed by atoms with E-state index in [0.29, 0.717) is 31.2 Å². The topological polar surface area (TPSA) is 82.1 Å². The molecule has 0 saturated heterocycles. The van der Waals surface area contributed by atoms with Gasteiger partial charge in [-0.05, 0) is 12.1 Å². The summed E-state index contributed by atoms with van der Waals surface area (Å²) in [7, 11) is 0. The van der Waals surface area contributed by atoms with E-state index in [1.165, 1.54) is 0 Å². The van der Waals surface area contributed by atoms with Crippen molar-refractivity contribution in [2.75, 3.05) is 37.8 Å². The van der Waals surface area contributed by atoms with Crippen molar-refractivity contribution in [1.82, 2.24) is 0 Å². The van der Waals surface area contributed by atoms with E-state index >= 15 is 0 Å². The Morgan fingerprint density at radius 1 is 1.56 bits per heavy atom. The molecule has 1 N–H and O–H groups in total. The Kier molecular flexibility index (Phi) is 3.88. The average Bonchev–Trinajstić information content (AvgIpc) is 2.37. The van der Waals surface area contributed by atoms with Crippen LogP contribution in [0.1, 0.15) is 0 Å². The van der Waals surface area contributed by atoms with Crippen LogP contribution in [0.3, 0.4) is 0 Å². The Bertz CT molecular complexity index is 434. The SMILES string of the molecule is O=C([O-])COc1cccc2c1OCCN2CCO. The van der Waals surface area contributed by atoms with E-state index in [4.69, 9.17) is 14.6 Å². The van der Waals surface area contributed by atoms with Crippen LogP contribution in [0.4, 0.5) is 5.69 Å². The second-order valence-corrected chi connectivity index (χ2v) is 3.82. The van der Waals surface area contributed by atoms with Crippen molar-refractivity contribution in [3.63, 3.8) is 0 Å². The number of aliphatic hydroxyl groups is 1. The molecule has 0 spiro atoms. The zero-order valence-electron chi connectivity index (χ0n) is 9.80. The number of aliphatic hydroxyl groups excluding tert-OH is 1. The maximum absolute atomic E-state index is 10.4. The lowest BCUT2D eigenvalue weighted by Gasteiger charge is -2.31. The summed E-state index contributed by atoms with van der Waals surface area (Å²) in [5, 5.41) is 19.4. The maximum Gasteiger partial charge on any atom is 0.184 e. The first-order valence-electron chi connectivity index (χ1n) is 5.66. The van der Waals surface area contributed by atoms with Gasteiger partial charge in [-0.2, -0.15) is 0 Å². The van der Waals surface area contributed by atoms with Crippen molar-refractivity contribution in [1.29, 1.82) is 0 Å². The summed E-state index contributed by atoms with van der Waals surface area (Å²) in [6.07, 6.45) is 0. The normalized spacial score (nSPS) is 13.7. The number of fused-ring (bicyclic) bond motifs is 1. The predicted molar refractivity (Wildman–Crippen MR) is 61.7 cm³/mol. The van der Waals surface area contributed by atoms with Crippen LogP contribution in [0.5, 0.6) is 11.5 Å². The summed E-state index contributed by atoms with van der Waals surface area (Å²) in [5.41, 5.74) is 0.797. The van der Waals surface area contributed by atoms with Crippen molar-refractivity contribution < 1.29 is 24.5 Å². The number of hydrogen-bond acceptors (Lipinski definition) is 6. The van der Waals surface area contributed by atoms with Gasteiger partial charge in [0.25, 0.3) is 0 Å². The second-order valence-electron chi connectivity index (χ2n) is 3.82. The molecule has 0 aromatic heterocycles. The van der Waals surface area contributed by atoms with Gasteiger partial charge in [0.15, 0.2) is 11.5 Å². The summed E-state index contributed by atoms with van der Waals surface area (Å²) in [6, 6.07) is 5.24. The van der Waals surface area contributed by atoms with Gasteiger partial charge in [-0.15, -0.1) is 0 Å². The van der Waals surface area contributed by atoms with Gasteiger partial charge in [0.1, 0.15) is 13.2 Å². The third kappa shape index (κ3) is 2.65. The van der Waals surface area contributed by atoms with Gasteiger partial charge in [-0.1, -0.05) is 6.07 Å². The largest absolute Gasteiger partial charge is 0.546 e. The number of ether oxygens (including phenoxy) is 2. The molecule has 0 radical (unpaired) electrons. The Balaban J connectivity index is 2.22. The van der Waals surface area contributed by atoms with Crippen LogP contribution in [0.15, 0.2) is 18.2 Å². The number of hydrogen-bond donors (Lipinski definition) is 1. The number of carbonyl (C=O) groups excluding carboxylic acids is 1. The van der Waals surface area contributed by atoms with Crippen LogP contribution in [-0.4, -0.2) is 44.0 Å². The molecular formula is C12H14NO5-. The van der Waals surface area contributed by atoms with E-state index in [9.17, 15) is 9.90 Å². The molecule has 1 heterocycles. The van der Waals surface area contributed by atoms with E-state index in [0.717, 1.165) is 5.69 Å². The number of benzene rings is 1. The highest BCUT2D eigenvalue weighted by molar-refractivity contribution is 5.68. The molecule has 1 aromatic rings. The monoisotopic (exact) mass is 252 g/mol. The molecule has 0 fully saturated rings. The number of aliphatic carboxylic acids is 1. The summed E-state index contributed by atoms with van der Waals surface area (Å²) in [6.45, 7) is 1.18. The lowest BCUT2D eigenvalue weighted by molar-refractivity contribution is -0.307. The third-order valence-corrected chi connectivity index (χ3v) is 2.62. The molecule has 1 aromatic carbocycles. The molecule has 6 nitrogen and oxygen atoms in total. The fourth-order valence-electron chi connectivity index (χ4n) is 1.88. The lowest BCUT2D eigenvalue weighted by Crippen LogP contribution is -2.35. The van der Waals surface area contributed by atoms with Crippen LogP contribution in [0.2, 0.25) is 0 Å². The molecule has 0 aliphatic carbocycles. The van der Waals surface area contributed by atoms with Crippen LogP contribution >= 0.6 is 0 Å². The number of rotatable bonds is 5. The highest BCUT2D eigenvalue weighted by atomic mass is 16.5. The molecule has 1 aliphatic heterocycles. The van der Waals surface area contributed by atoms with Gasteiger partial charge in [-0.3, -0.25) is 0 Å². The molecule has 2 rings (SSSR count). The molecule has 0 amide bonds. The molecule has 0 bridgehead atoms. The fourth-order valence-corrected chi connectivity index (χ4v) is 1.88. The number of carbonyl (C=O) groups is 1. The molecule has 1 aliphatic rings. The number of carboxylic acid groups (broad SMARTS) is 1. The van der Waals surface area contributed by atoms with Crippen LogP contribution in [0, 0.1) is 0 Å². The van der Waals surface area contributed by atoms with Crippen molar-refractivity contribution in [3.05, 3.63) is 18.2 Å². The lowest BCUT2D eigenvalue weighted by atomic mass is 10.2. The Hall–Kier alpha value is -1.95. The number of nitrogens with zero attached hydrogens (tertiary/aromatic N) is 1. The first kappa shape index (κ1) is 12.5. The van der Waals surface area contributed by atoms with Gasteiger partial charge >= 0.3 is 0 Å². The van der Waals surface area contributed by atoms with Gasteiger partial charge < -0.3 is 29.4 Å². The minimum absolute atomic E-state index is 0.0452.